The van der Waals surface area contributed by atoms with Crippen molar-refractivity contribution < 1.29 is 4.39 Å². The summed E-state index contributed by atoms with van der Waals surface area (Å²) >= 11 is 5.85. The van der Waals surface area contributed by atoms with Crippen LogP contribution in [-0.2, 0) is 5.41 Å². The molecule has 2 aromatic rings. The van der Waals surface area contributed by atoms with Crippen molar-refractivity contribution in [3.8, 4) is 6.07 Å². The minimum atomic E-state index is -0.168. The van der Waals surface area contributed by atoms with Gasteiger partial charge in [-0.15, -0.1) is 0 Å². The summed E-state index contributed by atoms with van der Waals surface area (Å²) in [5.74, 6) is 0.414. The number of anilines is 1. The number of hydrogen-bond acceptors (Lipinski definition) is 3. The molecule has 21 heavy (non-hydrogen) atoms. The zero-order valence-electron chi connectivity index (χ0n) is 11.2. The van der Waals surface area contributed by atoms with Crippen LogP contribution in [0.1, 0.15) is 24.1 Å². The number of benzene rings is 1. The van der Waals surface area contributed by atoms with Crippen LogP contribution in [0.15, 0.2) is 36.4 Å². The predicted molar refractivity (Wildman–Crippen MR) is 79.8 cm³/mol. The Labute approximate surface area is 127 Å². The molecule has 3 rings (SSSR count). The number of rotatable bonds is 4. The Morgan fingerprint density at radius 3 is 2.71 bits per heavy atom. The molecule has 0 spiro atoms. The van der Waals surface area contributed by atoms with E-state index in [0.29, 0.717) is 17.4 Å². The van der Waals surface area contributed by atoms with E-state index in [1.54, 1.807) is 18.2 Å². The molecule has 1 aromatic carbocycles. The molecule has 5 heteroatoms. The van der Waals surface area contributed by atoms with Gasteiger partial charge in [0.25, 0.3) is 0 Å². The first kappa shape index (κ1) is 13.8. The second-order valence-electron chi connectivity index (χ2n) is 5.25. The summed E-state index contributed by atoms with van der Waals surface area (Å²) in [5, 5.41) is 12.4. The molecule has 1 aliphatic rings. The lowest BCUT2D eigenvalue weighted by Gasteiger charge is -2.17. The third-order valence-corrected chi connectivity index (χ3v) is 4.16. The molecule has 1 heterocycles. The third kappa shape index (κ3) is 2.70. The highest BCUT2D eigenvalue weighted by Gasteiger charge is 2.45. The van der Waals surface area contributed by atoms with Gasteiger partial charge in [-0.2, -0.15) is 5.26 Å². The van der Waals surface area contributed by atoms with Gasteiger partial charge in [0.2, 0.25) is 0 Å². The lowest BCUT2D eigenvalue weighted by Crippen LogP contribution is -2.21. The van der Waals surface area contributed by atoms with Crippen LogP contribution in [-0.4, -0.2) is 11.5 Å². The average molecular weight is 302 g/mol. The van der Waals surface area contributed by atoms with Crippen LogP contribution >= 0.6 is 11.6 Å². The minimum Gasteiger partial charge on any atom is -0.369 e. The fourth-order valence-electron chi connectivity index (χ4n) is 2.46. The molecule has 0 saturated heterocycles. The van der Waals surface area contributed by atoms with E-state index in [1.807, 2.05) is 18.2 Å². The van der Waals surface area contributed by atoms with Crippen molar-refractivity contribution in [1.82, 2.24) is 4.98 Å². The Morgan fingerprint density at radius 2 is 2.05 bits per heavy atom. The topological polar surface area (TPSA) is 48.7 Å². The van der Waals surface area contributed by atoms with Gasteiger partial charge in [-0.1, -0.05) is 29.8 Å². The van der Waals surface area contributed by atoms with Gasteiger partial charge in [0.05, 0.1) is 5.02 Å². The van der Waals surface area contributed by atoms with Crippen molar-refractivity contribution in [2.45, 2.75) is 18.3 Å². The third-order valence-electron chi connectivity index (χ3n) is 3.86. The Hall–Kier alpha value is -2.12. The summed E-state index contributed by atoms with van der Waals surface area (Å²) in [6, 6.07) is 12.2. The van der Waals surface area contributed by atoms with Gasteiger partial charge in [-0.25, -0.2) is 9.37 Å². The number of halogens is 2. The van der Waals surface area contributed by atoms with Crippen LogP contribution in [0.4, 0.5) is 10.2 Å². The Morgan fingerprint density at radius 1 is 1.29 bits per heavy atom. The normalized spacial score (nSPS) is 15.3. The first-order valence-corrected chi connectivity index (χ1v) is 7.08. The lowest BCUT2D eigenvalue weighted by atomic mass is 9.95. The first-order chi connectivity index (χ1) is 10.1. The predicted octanol–water partition coefficient (Wildman–Crippen LogP) is 3.89. The molecule has 1 fully saturated rings. The van der Waals surface area contributed by atoms with Crippen LogP contribution in [0.2, 0.25) is 5.02 Å². The maximum Gasteiger partial charge on any atom is 0.161 e. The summed E-state index contributed by atoms with van der Waals surface area (Å²) in [4.78, 5) is 4.14. The highest BCUT2D eigenvalue weighted by molar-refractivity contribution is 6.31. The molecule has 1 saturated carbocycles. The van der Waals surface area contributed by atoms with Crippen molar-refractivity contribution in [2.24, 2.45) is 0 Å². The van der Waals surface area contributed by atoms with Gasteiger partial charge in [-0.3, -0.25) is 0 Å². The molecular weight excluding hydrogens is 289 g/mol. The van der Waals surface area contributed by atoms with Gasteiger partial charge in [0.15, 0.2) is 5.69 Å². The summed E-state index contributed by atoms with van der Waals surface area (Å²) < 4.78 is 13.9. The van der Waals surface area contributed by atoms with Crippen LogP contribution in [0.5, 0.6) is 0 Å². The molecule has 1 N–H and O–H groups in total. The number of aromatic nitrogens is 1. The molecule has 0 amide bonds. The Bertz CT molecular complexity index is 720. The number of pyridine rings is 1. The molecule has 0 unspecified atom stereocenters. The smallest absolute Gasteiger partial charge is 0.161 e. The van der Waals surface area contributed by atoms with Crippen LogP contribution in [0, 0.1) is 17.1 Å². The van der Waals surface area contributed by atoms with Crippen LogP contribution in [0.3, 0.4) is 0 Å². The van der Waals surface area contributed by atoms with Crippen molar-refractivity contribution >= 4 is 17.4 Å². The molecule has 0 aliphatic heterocycles. The van der Waals surface area contributed by atoms with Crippen molar-refractivity contribution in [2.75, 3.05) is 11.9 Å². The van der Waals surface area contributed by atoms with Crippen molar-refractivity contribution in [3.63, 3.8) is 0 Å². The van der Waals surface area contributed by atoms with E-state index in [2.05, 4.69) is 10.3 Å². The quantitative estimate of drug-likeness (QED) is 0.932. The zero-order chi connectivity index (χ0) is 14.9. The molecule has 0 bridgehead atoms. The maximum atomic E-state index is 13.9. The largest absolute Gasteiger partial charge is 0.369 e. The Balaban J connectivity index is 1.77. The van der Waals surface area contributed by atoms with E-state index in [-0.39, 0.29) is 16.9 Å². The molecule has 0 radical (unpaired) electrons. The summed E-state index contributed by atoms with van der Waals surface area (Å²) in [6.07, 6.45) is 1.89. The van der Waals surface area contributed by atoms with Gasteiger partial charge in [-0.05, 0) is 36.6 Å². The maximum absolute atomic E-state index is 13.9. The molecular formula is C16H13ClFN3. The summed E-state index contributed by atoms with van der Waals surface area (Å²) in [6.45, 7) is 0.591. The standard InChI is InChI=1S/C16H13ClFN3/c17-12-5-6-15(21-14(12)9-19)20-10-16(7-8-16)11-3-1-2-4-13(11)18/h1-6H,7-8,10H2,(H,20,21). The van der Waals surface area contributed by atoms with E-state index in [9.17, 15) is 4.39 Å². The fraction of sp³-hybridized carbons (Fsp3) is 0.250. The van der Waals surface area contributed by atoms with E-state index in [4.69, 9.17) is 16.9 Å². The Kier molecular flexibility index (Phi) is 3.52. The molecule has 1 aromatic heterocycles. The molecule has 0 atom stereocenters. The van der Waals surface area contributed by atoms with Crippen LogP contribution in [0.25, 0.3) is 0 Å². The second-order valence-corrected chi connectivity index (χ2v) is 5.66. The molecule has 106 valence electrons. The lowest BCUT2D eigenvalue weighted by molar-refractivity contribution is 0.578. The average Bonchev–Trinajstić information content (AvgIpc) is 3.28. The highest BCUT2D eigenvalue weighted by atomic mass is 35.5. The van der Waals surface area contributed by atoms with Crippen molar-refractivity contribution in [3.05, 3.63) is 58.5 Å². The number of nitrogens with zero attached hydrogens (tertiary/aromatic N) is 2. The van der Waals surface area contributed by atoms with Gasteiger partial charge in [0.1, 0.15) is 17.7 Å². The van der Waals surface area contributed by atoms with Crippen molar-refractivity contribution in [1.29, 1.82) is 5.26 Å². The second kappa shape index (κ2) is 5.34. The molecule has 3 nitrogen and oxygen atoms in total. The number of nitriles is 1. The van der Waals surface area contributed by atoms with E-state index < -0.39 is 0 Å². The highest BCUT2D eigenvalue weighted by Crippen LogP contribution is 2.48. The first-order valence-electron chi connectivity index (χ1n) is 6.70. The van der Waals surface area contributed by atoms with Gasteiger partial charge < -0.3 is 5.32 Å². The number of hydrogen-bond donors (Lipinski definition) is 1. The van der Waals surface area contributed by atoms with Crippen LogP contribution < -0.4 is 5.32 Å². The van der Waals surface area contributed by atoms with Gasteiger partial charge in [0, 0.05) is 12.0 Å². The van der Waals surface area contributed by atoms with E-state index >= 15 is 0 Å². The number of nitrogens with one attached hydrogen (secondary N) is 1. The SMILES string of the molecule is N#Cc1nc(NCC2(c3ccccc3F)CC2)ccc1Cl. The minimum absolute atomic E-state index is 0.167. The monoisotopic (exact) mass is 301 g/mol. The zero-order valence-corrected chi connectivity index (χ0v) is 12.0. The fourth-order valence-corrected chi connectivity index (χ4v) is 2.61. The molecule has 1 aliphatic carbocycles. The van der Waals surface area contributed by atoms with E-state index in [0.717, 1.165) is 18.4 Å². The summed E-state index contributed by atoms with van der Waals surface area (Å²) in [5.41, 5.74) is 0.767. The van der Waals surface area contributed by atoms with E-state index in [1.165, 1.54) is 6.07 Å². The summed E-state index contributed by atoms with van der Waals surface area (Å²) in [7, 11) is 0. The van der Waals surface area contributed by atoms with Gasteiger partial charge >= 0.3 is 0 Å².